The van der Waals surface area contributed by atoms with E-state index in [0.717, 1.165) is 7.11 Å². The van der Waals surface area contributed by atoms with Crippen molar-refractivity contribution in [2.24, 2.45) is 10.2 Å². The summed E-state index contributed by atoms with van der Waals surface area (Å²) < 4.78 is 28.7. The van der Waals surface area contributed by atoms with Crippen LogP contribution in [0.4, 0.5) is 14.5 Å². The minimum atomic E-state index is -2.49. The van der Waals surface area contributed by atoms with Crippen LogP contribution in [0.3, 0.4) is 0 Å². The Balaban J connectivity index is 2.84. The molecule has 0 aromatic heterocycles. The summed E-state index contributed by atoms with van der Waals surface area (Å²) in [6.45, 7) is 1.27. The fraction of sp³-hybridized carbons (Fsp3) is 0.250. The molecule has 0 unspecified atom stereocenters. The lowest BCUT2D eigenvalue weighted by Crippen LogP contribution is -2.04. The average molecular weight is 302 g/mol. The van der Waals surface area contributed by atoms with Crippen LogP contribution in [0, 0.1) is 0 Å². The molecule has 0 fully saturated rings. The highest BCUT2D eigenvalue weighted by Crippen LogP contribution is 2.27. The average Bonchev–Trinajstić information content (AvgIpc) is 2.39. The molecule has 0 amide bonds. The summed E-state index contributed by atoms with van der Waals surface area (Å²) in [5.74, 6) is -3.64. The Morgan fingerprint density at radius 2 is 1.95 bits per heavy atom. The molecule has 0 bridgehead atoms. The smallest absolute Gasteiger partial charge is 0.362 e. The number of rotatable bonds is 5. The predicted molar refractivity (Wildman–Crippen MR) is 70.2 cm³/mol. The van der Waals surface area contributed by atoms with Crippen molar-refractivity contribution < 1.29 is 23.4 Å². The molecule has 0 saturated carbocycles. The Hall–Kier alpha value is -1.96. The van der Waals surface area contributed by atoms with E-state index in [2.05, 4.69) is 15.0 Å². The van der Waals surface area contributed by atoms with Crippen molar-refractivity contribution in [1.29, 1.82) is 0 Å². The fourth-order valence-corrected chi connectivity index (χ4v) is 1.66. The van der Waals surface area contributed by atoms with Gasteiger partial charge in [0.25, 0.3) is 5.76 Å². The Kier molecular flexibility index (Phi) is 6.10. The number of nitrogens with zero attached hydrogens (tertiary/aromatic N) is 2. The van der Waals surface area contributed by atoms with Crippen LogP contribution >= 0.6 is 11.8 Å². The van der Waals surface area contributed by atoms with Crippen molar-refractivity contribution in [2.75, 3.05) is 7.11 Å². The van der Waals surface area contributed by atoms with Crippen LogP contribution in [0.15, 0.2) is 50.8 Å². The molecule has 0 saturated heterocycles. The molecule has 1 N–H and O–H groups in total. The zero-order valence-electron chi connectivity index (χ0n) is 10.7. The summed E-state index contributed by atoms with van der Waals surface area (Å²) in [6, 6.07) is 5.85. The summed E-state index contributed by atoms with van der Waals surface area (Å²) in [5.41, 5.74) is 0.0322. The molecular weight excluding hydrogens is 290 g/mol. The molecule has 0 aliphatic heterocycles. The van der Waals surface area contributed by atoms with E-state index in [1.54, 1.807) is 0 Å². The van der Waals surface area contributed by atoms with Gasteiger partial charge in [0, 0.05) is 4.90 Å². The number of halogens is 2. The second kappa shape index (κ2) is 7.59. The summed E-state index contributed by atoms with van der Waals surface area (Å²) >= 11 is 0.416. The van der Waals surface area contributed by atoms with Crippen molar-refractivity contribution >= 4 is 23.4 Å². The van der Waals surface area contributed by atoms with E-state index in [0.29, 0.717) is 22.3 Å². The van der Waals surface area contributed by atoms with Crippen LogP contribution in [0.5, 0.6) is 0 Å². The standard InChI is InChI=1S/C12H12F2N2O3S/c1-7(17)10(11(18)19-2)16-15-8-3-5-9(6-4-8)20-12(13)14/h3-6,12,17H,1-2H3/b10-7-,16-15?. The predicted octanol–water partition coefficient (Wildman–Crippen LogP) is 4.05. The van der Waals surface area contributed by atoms with E-state index in [9.17, 15) is 18.7 Å². The number of hydrogen-bond acceptors (Lipinski definition) is 6. The lowest BCUT2D eigenvalue weighted by atomic mass is 10.3. The Labute approximate surface area is 118 Å². The number of carbonyl (C=O) groups is 1. The number of allylic oxidation sites excluding steroid dienone is 1. The molecule has 1 rings (SSSR count). The molecule has 20 heavy (non-hydrogen) atoms. The molecule has 0 radical (unpaired) electrons. The van der Waals surface area contributed by atoms with Crippen molar-refractivity contribution in [3.8, 4) is 0 Å². The van der Waals surface area contributed by atoms with Gasteiger partial charge in [-0.15, -0.1) is 5.11 Å². The number of hydrogen-bond donors (Lipinski definition) is 1. The first-order valence-electron chi connectivity index (χ1n) is 5.38. The first-order valence-corrected chi connectivity index (χ1v) is 6.26. The van der Waals surface area contributed by atoms with Crippen molar-refractivity contribution in [3.05, 3.63) is 35.7 Å². The topological polar surface area (TPSA) is 71.2 Å². The summed E-state index contributed by atoms with van der Waals surface area (Å²) in [7, 11) is 1.15. The molecule has 0 aliphatic rings. The number of azo groups is 1. The zero-order chi connectivity index (χ0) is 15.1. The van der Waals surface area contributed by atoms with Crippen molar-refractivity contribution in [3.63, 3.8) is 0 Å². The molecule has 0 heterocycles. The van der Waals surface area contributed by atoms with Crippen LogP contribution in [0.2, 0.25) is 0 Å². The first kappa shape index (κ1) is 16.1. The summed E-state index contributed by atoms with van der Waals surface area (Å²) in [4.78, 5) is 11.7. The number of esters is 1. The highest BCUT2D eigenvalue weighted by atomic mass is 32.2. The van der Waals surface area contributed by atoms with E-state index in [4.69, 9.17) is 0 Å². The second-order valence-electron chi connectivity index (χ2n) is 3.50. The summed E-state index contributed by atoms with van der Waals surface area (Å²) in [6.07, 6.45) is 0. The number of thioether (sulfide) groups is 1. The summed E-state index contributed by atoms with van der Waals surface area (Å²) in [5, 5.41) is 16.6. The largest absolute Gasteiger partial charge is 0.510 e. The van der Waals surface area contributed by atoms with E-state index >= 15 is 0 Å². The lowest BCUT2D eigenvalue weighted by Gasteiger charge is -2.01. The van der Waals surface area contributed by atoms with Gasteiger partial charge in [-0.2, -0.15) is 13.9 Å². The van der Waals surface area contributed by atoms with Crippen LogP contribution in [-0.2, 0) is 9.53 Å². The maximum atomic E-state index is 12.1. The van der Waals surface area contributed by atoms with Gasteiger partial charge in [-0.25, -0.2) is 4.79 Å². The van der Waals surface area contributed by atoms with Gasteiger partial charge in [0.05, 0.1) is 12.8 Å². The molecule has 0 atom stereocenters. The number of carbonyl (C=O) groups excluding carboxylic acids is 1. The fourth-order valence-electron chi connectivity index (χ4n) is 1.16. The number of aliphatic hydroxyl groups is 1. The van der Waals surface area contributed by atoms with Crippen LogP contribution in [0.25, 0.3) is 0 Å². The molecule has 5 nitrogen and oxygen atoms in total. The first-order chi connectivity index (χ1) is 9.43. The lowest BCUT2D eigenvalue weighted by molar-refractivity contribution is -0.136. The van der Waals surface area contributed by atoms with Gasteiger partial charge in [-0.05, 0) is 31.2 Å². The van der Waals surface area contributed by atoms with Gasteiger partial charge in [-0.1, -0.05) is 11.8 Å². The molecule has 108 valence electrons. The van der Waals surface area contributed by atoms with Gasteiger partial charge in [0.2, 0.25) is 5.70 Å². The molecule has 1 aromatic carbocycles. The highest BCUT2D eigenvalue weighted by molar-refractivity contribution is 7.99. The van der Waals surface area contributed by atoms with Gasteiger partial charge >= 0.3 is 5.97 Å². The van der Waals surface area contributed by atoms with E-state index in [1.807, 2.05) is 0 Å². The Morgan fingerprint density at radius 1 is 1.35 bits per heavy atom. The molecule has 1 aromatic rings. The van der Waals surface area contributed by atoms with Crippen LogP contribution in [0.1, 0.15) is 6.92 Å². The van der Waals surface area contributed by atoms with Crippen molar-refractivity contribution in [1.82, 2.24) is 0 Å². The number of aliphatic hydroxyl groups excluding tert-OH is 1. The molecule has 0 aliphatic carbocycles. The number of ether oxygens (including phenoxy) is 1. The van der Waals surface area contributed by atoms with Gasteiger partial charge in [0.1, 0.15) is 5.76 Å². The quantitative estimate of drug-likeness (QED) is 0.293. The van der Waals surface area contributed by atoms with Crippen LogP contribution in [-0.4, -0.2) is 23.9 Å². The minimum Gasteiger partial charge on any atom is -0.510 e. The van der Waals surface area contributed by atoms with E-state index < -0.39 is 11.7 Å². The normalized spacial score (nSPS) is 12.7. The van der Waals surface area contributed by atoms with Gasteiger partial charge in [0.15, 0.2) is 0 Å². The molecule has 8 heteroatoms. The monoisotopic (exact) mass is 302 g/mol. The number of benzene rings is 1. The third kappa shape index (κ3) is 4.96. The second-order valence-corrected chi connectivity index (χ2v) is 4.56. The minimum absolute atomic E-state index is 0.321. The maximum absolute atomic E-state index is 12.1. The SMILES string of the molecule is COC(=O)/C(N=Nc1ccc(SC(F)F)cc1)=C(\C)O. The highest BCUT2D eigenvalue weighted by Gasteiger charge is 2.12. The Morgan fingerprint density at radius 3 is 2.40 bits per heavy atom. The van der Waals surface area contributed by atoms with E-state index in [1.165, 1.54) is 31.2 Å². The van der Waals surface area contributed by atoms with Gasteiger partial charge in [-0.3, -0.25) is 0 Å². The van der Waals surface area contributed by atoms with Crippen LogP contribution < -0.4 is 0 Å². The van der Waals surface area contributed by atoms with Crippen molar-refractivity contribution in [2.45, 2.75) is 17.6 Å². The third-order valence-corrected chi connectivity index (χ3v) is 2.77. The van der Waals surface area contributed by atoms with Gasteiger partial charge < -0.3 is 9.84 Å². The number of alkyl halides is 2. The Bertz CT molecular complexity index is 526. The maximum Gasteiger partial charge on any atom is 0.362 e. The third-order valence-electron chi connectivity index (χ3n) is 2.05. The molecular formula is C12H12F2N2O3S. The number of methoxy groups -OCH3 is 1. The zero-order valence-corrected chi connectivity index (χ0v) is 11.5. The van der Waals surface area contributed by atoms with E-state index in [-0.39, 0.29) is 11.5 Å². The molecule has 0 spiro atoms.